The molecule has 0 atom stereocenters. The highest BCUT2D eigenvalue weighted by Crippen LogP contribution is 2.25. The monoisotopic (exact) mass is 331 g/mol. The number of sulfonamides is 1. The summed E-state index contributed by atoms with van der Waals surface area (Å²) in [6.07, 6.45) is 4.35. The SMILES string of the molecule is CCC(=O)NC1CCN(S(=O)(=O)c2cnccc2Cl)CC1. The van der Waals surface area contributed by atoms with Gasteiger partial charge in [-0.3, -0.25) is 9.78 Å². The molecule has 0 unspecified atom stereocenters. The van der Waals surface area contributed by atoms with E-state index in [4.69, 9.17) is 11.6 Å². The van der Waals surface area contributed by atoms with Crippen LogP contribution in [0.25, 0.3) is 0 Å². The lowest BCUT2D eigenvalue weighted by molar-refractivity contribution is -0.121. The Morgan fingerprint density at radius 1 is 1.48 bits per heavy atom. The van der Waals surface area contributed by atoms with E-state index in [-0.39, 0.29) is 21.9 Å². The Labute approximate surface area is 129 Å². The molecule has 116 valence electrons. The third kappa shape index (κ3) is 3.72. The molecule has 2 rings (SSSR count). The number of nitrogens with one attached hydrogen (secondary N) is 1. The number of nitrogens with zero attached hydrogens (tertiary/aromatic N) is 2. The molecule has 1 aromatic heterocycles. The van der Waals surface area contributed by atoms with Crippen LogP contribution < -0.4 is 5.32 Å². The Kier molecular flexibility index (Phi) is 5.18. The molecule has 1 saturated heterocycles. The van der Waals surface area contributed by atoms with Crippen LogP contribution in [-0.4, -0.2) is 42.7 Å². The van der Waals surface area contributed by atoms with Gasteiger partial charge in [-0.25, -0.2) is 8.42 Å². The summed E-state index contributed by atoms with van der Waals surface area (Å²) in [5, 5.41) is 3.07. The fraction of sp³-hybridized carbons (Fsp3) is 0.538. The highest BCUT2D eigenvalue weighted by atomic mass is 35.5. The zero-order valence-corrected chi connectivity index (χ0v) is 13.3. The second kappa shape index (κ2) is 6.72. The minimum atomic E-state index is -3.62. The van der Waals surface area contributed by atoms with Crippen LogP contribution in [0.3, 0.4) is 0 Å². The van der Waals surface area contributed by atoms with Gasteiger partial charge in [-0.2, -0.15) is 4.31 Å². The second-order valence-corrected chi connectivity index (χ2v) is 7.22. The van der Waals surface area contributed by atoms with E-state index in [1.54, 1.807) is 6.92 Å². The molecular weight excluding hydrogens is 314 g/mol. The number of piperidine rings is 1. The summed E-state index contributed by atoms with van der Waals surface area (Å²) in [4.78, 5) is 15.2. The number of hydrogen-bond acceptors (Lipinski definition) is 4. The fourth-order valence-electron chi connectivity index (χ4n) is 2.26. The maximum Gasteiger partial charge on any atom is 0.246 e. The second-order valence-electron chi connectivity index (χ2n) is 4.91. The van der Waals surface area contributed by atoms with Gasteiger partial charge >= 0.3 is 0 Å². The summed E-state index contributed by atoms with van der Waals surface area (Å²) < 4.78 is 26.4. The molecule has 0 aromatic carbocycles. The van der Waals surface area contributed by atoms with Gasteiger partial charge in [-0.15, -0.1) is 0 Å². The smallest absolute Gasteiger partial charge is 0.246 e. The lowest BCUT2D eigenvalue weighted by atomic mass is 10.1. The average molecular weight is 332 g/mol. The molecule has 8 heteroatoms. The van der Waals surface area contributed by atoms with Crippen LogP contribution in [-0.2, 0) is 14.8 Å². The first-order valence-corrected chi connectivity index (χ1v) is 8.66. The first-order valence-electron chi connectivity index (χ1n) is 6.84. The maximum atomic E-state index is 12.5. The van der Waals surface area contributed by atoms with Crippen molar-refractivity contribution < 1.29 is 13.2 Å². The van der Waals surface area contributed by atoms with E-state index < -0.39 is 10.0 Å². The molecular formula is C13H18ClN3O3S. The number of pyridine rings is 1. The standard InChI is InChI=1S/C13H18ClN3O3S/c1-2-13(18)16-10-4-7-17(8-5-10)21(19,20)12-9-15-6-3-11(12)14/h3,6,9-10H,2,4-5,7-8H2,1H3,(H,16,18). The molecule has 0 saturated carbocycles. The van der Waals surface area contributed by atoms with E-state index in [2.05, 4.69) is 10.3 Å². The van der Waals surface area contributed by atoms with Crippen molar-refractivity contribution in [3.8, 4) is 0 Å². The van der Waals surface area contributed by atoms with Crippen LogP contribution in [0, 0.1) is 0 Å². The van der Waals surface area contributed by atoms with E-state index in [1.165, 1.54) is 22.8 Å². The van der Waals surface area contributed by atoms with Gasteiger partial charge in [0.05, 0.1) is 5.02 Å². The largest absolute Gasteiger partial charge is 0.353 e. The molecule has 0 bridgehead atoms. The topological polar surface area (TPSA) is 79.4 Å². The van der Waals surface area contributed by atoms with Crippen LogP contribution in [0.15, 0.2) is 23.4 Å². The molecule has 1 amide bonds. The number of amides is 1. The van der Waals surface area contributed by atoms with Crippen molar-refractivity contribution in [3.63, 3.8) is 0 Å². The number of carbonyl (C=O) groups excluding carboxylic acids is 1. The van der Waals surface area contributed by atoms with Gasteiger partial charge in [-0.05, 0) is 18.9 Å². The summed E-state index contributed by atoms with van der Waals surface area (Å²) in [5.41, 5.74) is 0. The Balaban J connectivity index is 2.05. The van der Waals surface area contributed by atoms with Crippen molar-refractivity contribution in [2.75, 3.05) is 13.1 Å². The Bertz CT molecular complexity index is 613. The first kappa shape index (κ1) is 16.2. The van der Waals surface area contributed by atoms with E-state index in [1.807, 2.05) is 0 Å². The number of carbonyl (C=O) groups is 1. The van der Waals surface area contributed by atoms with Crippen LogP contribution >= 0.6 is 11.6 Å². The molecule has 1 aliphatic heterocycles. The van der Waals surface area contributed by atoms with E-state index in [9.17, 15) is 13.2 Å². The molecule has 1 aromatic rings. The fourth-order valence-corrected chi connectivity index (χ4v) is 4.14. The number of hydrogen-bond donors (Lipinski definition) is 1. The zero-order valence-electron chi connectivity index (χ0n) is 11.8. The van der Waals surface area contributed by atoms with Crippen molar-refractivity contribution in [3.05, 3.63) is 23.5 Å². The third-order valence-corrected chi connectivity index (χ3v) is 5.86. The first-order chi connectivity index (χ1) is 9.95. The summed E-state index contributed by atoms with van der Waals surface area (Å²) in [6.45, 7) is 2.52. The summed E-state index contributed by atoms with van der Waals surface area (Å²) >= 11 is 5.94. The van der Waals surface area contributed by atoms with E-state index in [0.717, 1.165) is 0 Å². The van der Waals surface area contributed by atoms with Gasteiger partial charge in [-0.1, -0.05) is 18.5 Å². The van der Waals surface area contributed by atoms with Gasteiger partial charge in [0.25, 0.3) is 0 Å². The quantitative estimate of drug-likeness (QED) is 0.904. The third-order valence-electron chi connectivity index (χ3n) is 3.49. The highest BCUT2D eigenvalue weighted by molar-refractivity contribution is 7.89. The van der Waals surface area contributed by atoms with Gasteiger partial charge in [0, 0.05) is 37.9 Å². The van der Waals surface area contributed by atoms with Crippen LogP contribution in [0.5, 0.6) is 0 Å². The Morgan fingerprint density at radius 2 is 2.14 bits per heavy atom. The van der Waals surface area contributed by atoms with Gasteiger partial charge in [0.2, 0.25) is 15.9 Å². The van der Waals surface area contributed by atoms with E-state index >= 15 is 0 Å². The van der Waals surface area contributed by atoms with Crippen LogP contribution in [0.2, 0.25) is 5.02 Å². The van der Waals surface area contributed by atoms with Crippen molar-refractivity contribution in [1.82, 2.24) is 14.6 Å². The van der Waals surface area contributed by atoms with Crippen LogP contribution in [0.4, 0.5) is 0 Å². The van der Waals surface area contributed by atoms with Crippen molar-refractivity contribution in [2.24, 2.45) is 0 Å². The minimum Gasteiger partial charge on any atom is -0.353 e. The summed E-state index contributed by atoms with van der Waals surface area (Å²) in [5.74, 6) is -0.00777. The molecule has 1 fully saturated rings. The summed E-state index contributed by atoms with van der Waals surface area (Å²) in [7, 11) is -3.62. The average Bonchev–Trinajstić information content (AvgIpc) is 2.48. The predicted molar refractivity (Wildman–Crippen MR) is 79.5 cm³/mol. The van der Waals surface area contributed by atoms with Crippen molar-refractivity contribution in [1.29, 1.82) is 0 Å². The lowest BCUT2D eigenvalue weighted by Crippen LogP contribution is -2.46. The van der Waals surface area contributed by atoms with Gasteiger partial charge in [0.1, 0.15) is 4.90 Å². The predicted octanol–water partition coefficient (Wildman–Crippen LogP) is 1.41. The normalized spacial score (nSPS) is 17.6. The summed E-state index contributed by atoms with van der Waals surface area (Å²) in [6, 6.07) is 1.50. The minimum absolute atomic E-state index is 0.00777. The van der Waals surface area contributed by atoms with Gasteiger partial charge in [0.15, 0.2) is 0 Å². The molecule has 0 aliphatic carbocycles. The lowest BCUT2D eigenvalue weighted by Gasteiger charge is -2.31. The van der Waals surface area contributed by atoms with E-state index in [0.29, 0.717) is 32.4 Å². The van der Waals surface area contributed by atoms with Crippen molar-refractivity contribution in [2.45, 2.75) is 37.1 Å². The number of halogens is 1. The molecule has 0 spiro atoms. The molecule has 6 nitrogen and oxygen atoms in total. The molecule has 1 aliphatic rings. The molecule has 21 heavy (non-hydrogen) atoms. The molecule has 1 N–H and O–H groups in total. The van der Waals surface area contributed by atoms with Crippen molar-refractivity contribution >= 4 is 27.5 Å². The van der Waals surface area contributed by atoms with Gasteiger partial charge < -0.3 is 5.32 Å². The zero-order chi connectivity index (χ0) is 15.5. The molecule has 2 heterocycles. The maximum absolute atomic E-state index is 12.5. The molecule has 0 radical (unpaired) electrons. The number of aromatic nitrogens is 1. The van der Waals surface area contributed by atoms with Crippen LogP contribution in [0.1, 0.15) is 26.2 Å². The highest BCUT2D eigenvalue weighted by Gasteiger charge is 2.31. The number of rotatable bonds is 4. The Morgan fingerprint density at radius 3 is 2.71 bits per heavy atom. The Hall–Kier alpha value is -1.18.